The number of hydrogen-bond acceptors (Lipinski definition) is 3. The fraction of sp³-hybridized carbons (Fsp3) is 0.579. The molecule has 1 aliphatic carbocycles. The summed E-state index contributed by atoms with van der Waals surface area (Å²) in [5.74, 6) is -1.89. The Labute approximate surface area is 150 Å². The maximum atomic E-state index is 13.7. The number of carbonyl (C=O) groups is 1. The van der Waals surface area contributed by atoms with Gasteiger partial charge in [-0.15, -0.1) is 0 Å². The van der Waals surface area contributed by atoms with Gasteiger partial charge in [-0.3, -0.25) is 4.79 Å². The van der Waals surface area contributed by atoms with Crippen LogP contribution in [0.5, 0.6) is 0 Å². The fourth-order valence-electron chi connectivity index (χ4n) is 3.85. The number of nitrogens with zero attached hydrogens (tertiary/aromatic N) is 2. The second-order valence-corrected chi connectivity index (χ2v) is 7.29. The van der Waals surface area contributed by atoms with Crippen molar-refractivity contribution in [2.24, 2.45) is 16.9 Å². The first kappa shape index (κ1) is 18.9. The highest BCUT2D eigenvalue weighted by atomic mass is 19.4. The lowest BCUT2D eigenvalue weighted by Crippen LogP contribution is -2.61. The van der Waals surface area contributed by atoms with E-state index in [4.69, 9.17) is 0 Å². The molecule has 142 valence electrons. The van der Waals surface area contributed by atoms with Gasteiger partial charge in [-0.25, -0.2) is 0 Å². The van der Waals surface area contributed by atoms with Crippen LogP contribution in [0.2, 0.25) is 0 Å². The minimum atomic E-state index is -4.95. The summed E-state index contributed by atoms with van der Waals surface area (Å²) in [5.41, 5.74) is -1.91. The minimum absolute atomic E-state index is 0.0564. The van der Waals surface area contributed by atoms with Gasteiger partial charge in [-0.1, -0.05) is 37.3 Å². The predicted octanol–water partition coefficient (Wildman–Crippen LogP) is 3.89. The maximum absolute atomic E-state index is 13.7. The lowest BCUT2D eigenvalue weighted by molar-refractivity contribution is -0.317. The molecule has 2 aliphatic rings. The van der Waals surface area contributed by atoms with E-state index < -0.39 is 23.7 Å². The number of aliphatic hydroxyl groups is 1. The average molecular weight is 368 g/mol. The Morgan fingerprint density at radius 2 is 2.04 bits per heavy atom. The summed E-state index contributed by atoms with van der Waals surface area (Å²) in [4.78, 5) is 12.5. The third-order valence-electron chi connectivity index (χ3n) is 5.32. The molecule has 0 aromatic heterocycles. The van der Waals surface area contributed by atoms with Crippen LogP contribution < -0.4 is 0 Å². The van der Waals surface area contributed by atoms with Gasteiger partial charge in [-0.2, -0.15) is 23.3 Å². The Kier molecular flexibility index (Phi) is 5.10. The molecule has 1 fully saturated rings. The van der Waals surface area contributed by atoms with Gasteiger partial charge in [0.05, 0.1) is 5.92 Å². The molecule has 1 aliphatic heterocycles. The van der Waals surface area contributed by atoms with Crippen molar-refractivity contribution < 1.29 is 23.1 Å². The van der Waals surface area contributed by atoms with E-state index in [1.165, 1.54) is 0 Å². The summed E-state index contributed by atoms with van der Waals surface area (Å²) in [6, 6.07) is 9.43. The summed E-state index contributed by atoms with van der Waals surface area (Å²) in [7, 11) is 0. The minimum Gasteiger partial charge on any atom is -0.362 e. The summed E-state index contributed by atoms with van der Waals surface area (Å²) >= 11 is 0. The van der Waals surface area contributed by atoms with Crippen molar-refractivity contribution in [1.82, 2.24) is 5.01 Å². The normalized spacial score (nSPS) is 28.7. The zero-order valence-corrected chi connectivity index (χ0v) is 14.7. The highest BCUT2D eigenvalue weighted by Crippen LogP contribution is 2.49. The zero-order valence-electron chi connectivity index (χ0n) is 14.7. The van der Waals surface area contributed by atoms with E-state index >= 15 is 0 Å². The molecule has 1 N–H and O–H groups in total. The quantitative estimate of drug-likeness (QED) is 0.876. The first-order valence-electron chi connectivity index (χ1n) is 8.97. The van der Waals surface area contributed by atoms with Gasteiger partial charge in [0.1, 0.15) is 0 Å². The first-order chi connectivity index (χ1) is 12.2. The second kappa shape index (κ2) is 7.02. The molecule has 1 aromatic carbocycles. The van der Waals surface area contributed by atoms with Crippen molar-refractivity contribution in [2.75, 3.05) is 0 Å². The van der Waals surface area contributed by atoms with Crippen molar-refractivity contribution in [3.05, 3.63) is 35.9 Å². The topological polar surface area (TPSA) is 52.9 Å². The standard InChI is InChI=1S/C19H23F3N2O2/c1-13-10-11-16-15(12-13)18(26,19(20,21)22)24(23-16)17(25)9-5-8-14-6-3-2-4-7-14/h2-4,6-7,13,15,26H,5,8-12H2,1H3/t13-,15+,18+/m1/s1. The van der Waals surface area contributed by atoms with Gasteiger partial charge >= 0.3 is 6.18 Å². The molecule has 0 saturated heterocycles. The Balaban J connectivity index is 1.74. The smallest absolute Gasteiger partial charge is 0.362 e. The molecule has 1 amide bonds. The molecule has 4 nitrogen and oxygen atoms in total. The summed E-state index contributed by atoms with van der Waals surface area (Å²) < 4.78 is 41.2. The summed E-state index contributed by atoms with van der Waals surface area (Å²) in [6.45, 7) is 1.86. The number of halogens is 3. The molecule has 1 aromatic rings. The monoisotopic (exact) mass is 368 g/mol. The Morgan fingerprint density at radius 3 is 2.69 bits per heavy atom. The number of hydrazone groups is 1. The van der Waals surface area contributed by atoms with Gasteiger partial charge in [0, 0.05) is 12.1 Å². The van der Waals surface area contributed by atoms with E-state index in [0.29, 0.717) is 30.0 Å². The molecule has 0 radical (unpaired) electrons. The van der Waals surface area contributed by atoms with E-state index in [1.807, 2.05) is 37.3 Å². The third-order valence-corrected chi connectivity index (χ3v) is 5.32. The van der Waals surface area contributed by atoms with E-state index in [0.717, 1.165) is 12.0 Å². The molecular weight excluding hydrogens is 345 g/mol. The largest absolute Gasteiger partial charge is 0.439 e. The van der Waals surface area contributed by atoms with Crippen molar-refractivity contribution in [2.45, 2.75) is 57.3 Å². The van der Waals surface area contributed by atoms with Crippen LogP contribution in [0, 0.1) is 11.8 Å². The Bertz CT molecular complexity index is 690. The maximum Gasteiger partial charge on any atom is 0.439 e. The van der Waals surface area contributed by atoms with Gasteiger partial charge < -0.3 is 5.11 Å². The summed E-state index contributed by atoms with van der Waals surface area (Å²) in [5, 5.41) is 14.8. The molecule has 0 spiro atoms. The van der Waals surface area contributed by atoms with Crippen molar-refractivity contribution >= 4 is 11.6 Å². The molecule has 1 saturated carbocycles. The van der Waals surface area contributed by atoms with Crippen molar-refractivity contribution in [3.8, 4) is 0 Å². The van der Waals surface area contributed by atoms with Crippen LogP contribution in [-0.2, 0) is 11.2 Å². The number of hydrogen-bond donors (Lipinski definition) is 1. The van der Waals surface area contributed by atoms with E-state index in [2.05, 4.69) is 5.10 Å². The molecule has 1 heterocycles. The number of benzene rings is 1. The third kappa shape index (κ3) is 3.37. The van der Waals surface area contributed by atoms with Gasteiger partial charge in [0.15, 0.2) is 0 Å². The van der Waals surface area contributed by atoms with Crippen LogP contribution in [0.1, 0.15) is 44.6 Å². The first-order valence-corrected chi connectivity index (χ1v) is 8.97. The van der Waals surface area contributed by atoms with Crippen LogP contribution >= 0.6 is 0 Å². The van der Waals surface area contributed by atoms with Gasteiger partial charge in [0.2, 0.25) is 5.91 Å². The van der Waals surface area contributed by atoms with Crippen LogP contribution in [0.3, 0.4) is 0 Å². The average Bonchev–Trinajstić information content (AvgIpc) is 2.89. The molecule has 3 rings (SSSR count). The SMILES string of the molecule is C[C@@H]1CCC2=NN(C(=O)CCCc3ccccc3)[C@@](O)(C(F)(F)F)[C@H]2C1. The summed E-state index contributed by atoms with van der Waals surface area (Å²) in [6.07, 6.45) is -2.76. The van der Waals surface area contributed by atoms with Gasteiger partial charge in [-0.05, 0) is 43.6 Å². The van der Waals surface area contributed by atoms with Crippen LogP contribution in [-0.4, -0.2) is 33.6 Å². The Hall–Kier alpha value is -1.89. The van der Waals surface area contributed by atoms with Crippen molar-refractivity contribution in [1.29, 1.82) is 0 Å². The fourth-order valence-corrected chi connectivity index (χ4v) is 3.85. The molecular formula is C19H23F3N2O2. The number of carbonyl (C=O) groups excluding carboxylic acids is 1. The highest BCUT2D eigenvalue weighted by molar-refractivity contribution is 5.93. The second-order valence-electron chi connectivity index (χ2n) is 7.29. The van der Waals surface area contributed by atoms with Crippen molar-refractivity contribution in [3.63, 3.8) is 0 Å². The number of fused-ring (bicyclic) bond motifs is 1. The molecule has 0 bridgehead atoms. The van der Waals surface area contributed by atoms with E-state index in [9.17, 15) is 23.1 Å². The lowest BCUT2D eigenvalue weighted by Gasteiger charge is -2.39. The molecule has 3 atom stereocenters. The number of alkyl halides is 3. The highest BCUT2D eigenvalue weighted by Gasteiger charge is 2.68. The van der Waals surface area contributed by atoms with Crippen LogP contribution in [0.4, 0.5) is 13.2 Å². The van der Waals surface area contributed by atoms with Gasteiger partial charge in [0.25, 0.3) is 5.72 Å². The van der Waals surface area contributed by atoms with Crippen LogP contribution in [0.25, 0.3) is 0 Å². The predicted molar refractivity (Wildman–Crippen MR) is 91.2 cm³/mol. The van der Waals surface area contributed by atoms with E-state index in [1.54, 1.807) is 0 Å². The zero-order chi connectivity index (χ0) is 18.9. The molecule has 0 unspecified atom stereocenters. The number of amides is 1. The molecule has 7 heteroatoms. The number of rotatable bonds is 4. The lowest BCUT2D eigenvalue weighted by atomic mass is 9.76. The Morgan fingerprint density at radius 1 is 1.35 bits per heavy atom. The molecule has 26 heavy (non-hydrogen) atoms. The van der Waals surface area contributed by atoms with E-state index in [-0.39, 0.29) is 18.8 Å². The number of aryl methyl sites for hydroxylation is 1. The van der Waals surface area contributed by atoms with Crippen LogP contribution in [0.15, 0.2) is 35.4 Å².